The highest BCUT2D eigenvalue weighted by atomic mass is 32.1. The number of ether oxygens (including phenoxy) is 1. The van der Waals surface area contributed by atoms with E-state index in [4.69, 9.17) is 17.0 Å². The third kappa shape index (κ3) is 4.26. The number of nitro benzene ring substituents is 1. The maximum Gasteiger partial charge on any atom is 0.269 e. The van der Waals surface area contributed by atoms with Gasteiger partial charge in [0.15, 0.2) is 5.11 Å². The van der Waals surface area contributed by atoms with E-state index in [-0.39, 0.29) is 23.0 Å². The number of thiocarbonyl (C=S) groups is 1. The first-order valence-corrected chi connectivity index (χ1v) is 9.59. The van der Waals surface area contributed by atoms with Crippen LogP contribution in [0.4, 0.5) is 5.69 Å². The van der Waals surface area contributed by atoms with E-state index in [9.17, 15) is 19.7 Å². The van der Waals surface area contributed by atoms with Gasteiger partial charge in [-0.25, -0.2) is 0 Å². The predicted molar refractivity (Wildman–Crippen MR) is 118 cm³/mol. The summed E-state index contributed by atoms with van der Waals surface area (Å²) in [5, 5.41) is 17.4. The molecular weight excluding hydrogens is 418 g/mol. The Labute approximate surface area is 181 Å². The summed E-state index contributed by atoms with van der Waals surface area (Å²) in [5.74, 6) is -0.788. The monoisotopic (exact) mass is 433 g/mol. The first kappa shape index (κ1) is 20.2. The molecule has 0 aliphatic carbocycles. The molecule has 9 heteroatoms. The van der Waals surface area contributed by atoms with Gasteiger partial charge < -0.3 is 4.74 Å². The molecule has 2 amide bonds. The Kier molecular flexibility index (Phi) is 5.42. The molecule has 1 fully saturated rings. The van der Waals surface area contributed by atoms with Crippen LogP contribution in [0.1, 0.15) is 11.1 Å². The fourth-order valence-electron chi connectivity index (χ4n) is 3.22. The Bertz CT molecular complexity index is 1260. The van der Waals surface area contributed by atoms with Gasteiger partial charge in [-0.3, -0.25) is 30.3 Å². The second kappa shape index (κ2) is 8.33. The van der Waals surface area contributed by atoms with Gasteiger partial charge in [0.2, 0.25) is 0 Å². The standard InChI is InChI=1S/C22H15N3O5S/c26-20-18(21(27)24-22(31)23-20)11-17-16-7-2-1-5-14(16)8-9-19(17)30-12-13-4-3-6-15(10-13)25(28)29/h1-11H,12H2,(H2,23,24,26,27,31). The van der Waals surface area contributed by atoms with E-state index in [2.05, 4.69) is 10.6 Å². The molecule has 2 N–H and O–H groups in total. The van der Waals surface area contributed by atoms with Crippen LogP contribution in [0, 0.1) is 10.1 Å². The van der Waals surface area contributed by atoms with Crippen molar-refractivity contribution in [2.45, 2.75) is 6.61 Å². The summed E-state index contributed by atoms with van der Waals surface area (Å²) in [7, 11) is 0. The summed E-state index contributed by atoms with van der Waals surface area (Å²) in [4.78, 5) is 35.2. The van der Waals surface area contributed by atoms with Gasteiger partial charge in [-0.05, 0) is 40.7 Å². The van der Waals surface area contributed by atoms with Crippen molar-refractivity contribution in [1.29, 1.82) is 0 Å². The molecule has 3 aromatic rings. The quantitative estimate of drug-likeness (QED) is 0.210. The van der Waals surface area contributed by atoms with Gasteiger partial charge in [-0.15, -0.1) is 0 Å². The van der Waals surface area contributed by atoms with Crippen molar-refractivity contribution in [3.63, 3.8) is 0 Å². The molecule has 4 rings (SSSR count). The van der Waals surface area contributed by atoms with Crippen LogP contribution in [0.15, 0.2) is 66.2 Å². The van der Waals surface area contributed by atoms with Crippen molar-refractivity contribution >= 4 is 51.7 Å². The minimum absolute atomic E-state index is 0.0338. The molecule has 0 saturated carbocycles. The van der Waals surface area contributed by atoms with Gasteiger partial charge in [-0.2, -0.15) is 0 Å². The van der Waals surface area contributed by atoms with E-state index in [0.29, 0.717) is 16.9 Å². The van der Waals surface area contributed by atoms with Gasteiger partial charge in [-0.1, -0.05) is 42.5 Å². The topological polar surface area (TPSA) is 111 Å². The Balaban J connectivity index is 1.74. The summed E-state index contributed by atoms with van der Waals surface area (Å²) >= 11 is 4.84. The van der Waals surface area contributed by atoms with Gasteiger partial charge in [0.05, 0.1) is 4.92 Å². The molecule has 0 aromatic heterocycles. The molecule has 31 heavy (non-hydrogen) atoms. The van der Waals surface area contributed by atoms with Crippen LogP contribution in [0.5, 0.6) is 5.75 Å². The number of non-ortho nitro benzene ring substituents is 1. The first-order valence-electron chi connectivity index (χ1n) is 9.18. The molecule has 3 aromatic carbocycles. The lowest BCUT2D eigenvalue weighted by molar-refractivity contribution is -0.384. The van der Waals surface area contributed by atoms with Crippen LogP contribution >= 0.6 is 12.2 Å². The number of fused-ring (bicyclic) bond motifs is 1. The highest BCUT2D eigenvalue weighted by Crippen LogP contribution is 2.31. The molecule has 0 radical (unpaired) electrons. The zero-order chi connectivity index (χ0) is 22.0. The molecule has 0 unspecified atom stereocenters. The fraction of sp³-hybridized carbons (Fsp3) is 0.0455. The molecule has 1 aliphatic heterocycles. The number of benzene rings is 3. The highest BCUT2D eigenvalue weighted by molar-refractivity contribution is 7.80. The van der Waals surface area contributed by atoms with Crippen molar-refractivity contribution in [2.75, 3.05) is 0 Å². The maximum absolute atomic E-state index is 12.3. The lowest BCUT2D eigenvalue weighted by Gasteiger charge is -2.18. The number of rotatable bonds is 5. The van der Waals surface area contributed by atoms with Gasteiger partial charge >= 0.3 is 0 Å². The summed E-state index contributed by atoms with van der Waals surface area (Å²) in [6.07, 6.45) is 1.46. The minimum Gasteiger partial charge on any atom is -0.488 e. The Morgan fingerprint density at radius 1 is 1.00 bits per heavy atom. The number of hydrogen-bond donors (Lipinski definition) is 2. The third-order valence-corrected chi connectivity index (χ3v) is 4.88. The minimum atomic E-state index is -0.605. The molecule has 1 saturated heterocycles. The van der Waals surface area contributed by atoms with Gasteiger partial charge in [0, 0.05) is 17.7 Å². The van der Waals surface area contributed by atoms with E-state index in [1.54, 1.807) is 18.2 Å². The molecule has 0 bridgehead atoms. The fourth-order valence-corrected chi connectivity index (χ4v) is 3.41. The third-order valence-electron chi connectivity index (χ3n) is 4.68. The largest absolute Gasteiger partial charge is 0.488 e. The average Bonchev–Trinajstić information content (AvgIpc) is 2.75. The Morgan fingerprint density at radius 3 is 2.48 bits per heavy atom. The summed E-state index contributed by atoms with van der Waals surface area (Å²) in [5.41, 5.74) is 1.01. The first-order chi connectivity index (χ1) is 14.9. The zero-order valence-electron chi connectivity index (χ0n) is 16.0. The van der Waals surface area contributed by atoms with Gasteiger partial charge in [0.25, 0.3) is 17.5 Å². The van der Waals surface area contributed by atoms with E-state index in [1.165, 1.54) is 18.2 Å². The highest BCUT2D eigenvalue weighted by Gasteiger charge is 2.26. The Morgan fingerprint density at radius 2 is 1.74 bits per heavy atom. The average molecular weight is 433 g/mol. The molecule has 1 aliphatic rings. The normalized spacial score (nSPS) is 13.5. The summed E-state index contributed by atoms with van der Waals surface area (Å²) in [6, 6.07) is 17.2. The lowest BCUT2D eigenvalue weighted by Crippen LogP contribution is -2.51. The van der Waals surface area contributed by atoms with Crippen molar-refractivity contribution in [1.82, 2.24) is 10.6 Å². The molecular formula is C22H15N3O5S. The van der Waals surface area contributed by atoms with Crippen LogP contribution in [-0.4, -0.2) is 21.9 Å². The van der Waals surface area contributed by atoms with Crippen molar-refractivity contribution in [2.24, 2.45) is 0 Å². The van der Waals surface area contributed by atoms with Gasteiger partial charge in [0.1, 0.15) is 17.9 Å². The number of carbonyl (C=O) groups is 2. The number of carbonyl (C=O) groups excluding carboxylic acids is 2. The number of nitrogens with one attached hydrogen (secondary N) is 2. The van der Waals surface area contributed by atoms with Crippen LogP contribution in [-0.2, 0) is 16.2 Å². The number of nitro groups is 1. The van der Waals surface area contributed by atoms with Crippen LogP contribution in [0.3, 0.4) is 0 Å². The zero-order valence-corrected chi connectivity index (χ0v) is 16.8. The number of amides is 2. The van der Waals surface area contributed by atoms with Crippen LogP contribution < -0.4 is 15.4 Å². The van der Waals surface area contributed by atoms with E-state index >= 15 is 0 Å². The van der Waals surface area contributed by atoms with E-state index in [0.717, 1.165) is 10.8 Å². The molecule has 0 atom stereocenters. The summed E-state index contributed by atoms with van der Waals surface area (Å²) < 4.78 is 5.94. The van der Waals surface area contributed by atoms with E-state index in [1.807, 2.05) is 30.3 Å². The number of hydrogen-bond acceptors (Lipinski definition) is 6. The summed E-state index contributed by atoms with van der Waals surface area (Å²) in [6.45, 7) is 0.0681. The smallest absolute Gasteiger partial charge is 0.269 e. The van der Waals surface area contributed by atoms with Crippen LogP contribution in [0.2, 0.25) is 0 Å². The van der Waals surface area contributed by atoms with Crippen molar-refractivity contribution in [3.05, 3.63) is 87.5 Å². The second-order valence-electron chi connectivity index (χ2n) is 6.71. The molecule has 8 nitrogen and oxygen atoms in total. The lowest BCUT2D eigenvalue weighted by atomic mass is 10.00. The molecule has 1 heterocycles. The maximum atomic E-state index is 12.3. The number of nitrogens with zero attached hydrogens (tertiary/aromatic N) is 1. The SMILES string of the molecule is O=C1NC(=S)NC(=O)C1=Cc1c(OCc2cccc([N+](=O)[O-])c2)ccc2ccccc12. The van der Waals surface area contributed by atoms with E-state index < -0.39 is 16.7 Å². The van der Waals surface area contributed by atoms with Crippen molar-refractivity contribution in [3.8, 4) is 5.75 Å². The van der Waals surface area contributed by atoms with Crippen LogP contribution in [0.25, 0.3) is 16.8 Å². The molecule has 0 spiro atoms. The van der Waals surface area contributed by atoms with Crippen molar-refractivity contribution < 1.29 is 19.2 Å². The second-order valence-corrected chi connectivity index (χ2v) is 7.12. The Hall–Kier alpha value is -4.11. The predicted octanol–water partition coefficient (Wildman–Crippen LogP) is 3.24. The molecule has 154 valence electrons.